The zero-order valence-electron chi connectivity index (χ0n) is 20.4. The van der Waals surface area contributed by atoms with E-state index in [9.17, 15) is 24.6 Å². The van der Waals surface area contributed by atoms with E-state index in [-0.39, 0.29) is 12.2 Å². The average molecular weight is 492 g/mol. The Hall–Kier alpha value is -4.27. The van der Waals surface area contributed by atoms with E-state index in [0.29, 0.717) is 39.8 Å². The van der Waals surface area contributed by atoms with Gasteiger partial charge in [0.2, 0.25) is 0 Å². The molecule has 0 bridgehead atoms. The van der Waals surface area contributed by atoms with Crippen LogP contribution in [0.1, 0.15) is 36.1 Å². The number of amides is 1. The summed E-state index contributed by atoms with van der Waals surface area (Å²) in [7, 11) is 0. The Balaban J connectivity index is 1.53. The number of aromatic hydroxyl groups is 1. The van der Waals surface area contributed by atoms with Gasteiger partial charge in [-0.25, -0.2) is 4.79 Å². The number of carboxylic acids is 1. The van der Waals surface area contributed by atoms with Crippen LogP contribution in [0.2, 0.25) is 0 Å². The molecule has 0 unspecified atom stereocenters. The summed E-state index contributed by atoms with van der Waals surface area (Å²) in [5, 5.41) is 25.5. The Kier molecular flexibility index (Phi) is 6.74. The third-order valence-electron chi connectivity index (χ3n) is 6.46. The van der Waals surface area contributed by atoms with E-state index in [4.69, 9.17) is 9.15 Å². The van der Waals surface area contributed by atoms with Crippen molar-refractivity contribution in [2.24, 2.45) is 0 Å². The molecular formula is C27H27N2O7-. The predicted octanol–water partition coefficient (Wildman–Crippen LogP) is 2.40. The Morgan fingerprint density at radius 2 is 1.92 bits per heavy atom. The van der Waals surface area contributed by atoms with Gasteiger partial charge >= 0.3 is 5.63 Å². The van der Waals surface area contributed by atoms with E-state index < -0.39 is 29.6 Å². The van der Waals surface area contributed by atoms with Crippen LogP contribution in [-0.4, -0.2) is 34.1 Å². The fraction of sp³-hybridized carbons (Fsp3) is 0.296. The van der Waals surface area contributed by atoms with Crippen LogP contribution in [0.4, 0.5) is 0 Å². The summed E-state index contributed by atoms with van der Waals surface area (Å²) in [6.45, 7) is 6.98. The number of carbonyl (C=O) groups is 2. The Morgan fingerprint density at radius 3 is 2.61 bits per heavy atom. The third-order valence-corrected chi connectivity index (χ3v) is 6.46. The maximum absolute atomic E-state index is 12.8. The standard InChI is InChI=1S/C27H28N2O7/c1-5-18-13(2)19-7-9-23(14(3)24(19)36-27(18)34)35-15(4)25(31)29-22(26(32)33)10-16-12-28-21-8-6-17(30)11-20(16)21/h6-9,11-12,15,22,28,30H,5,10H2,1-4H3,(H,29,31)(H,32,33)/p-1/t15-,22-/m1/s1. The maximum atomic E-state index is 12.8. The smallest absolute Gasteiger partial charge is 0.339 e. The van der Waals surface area contributed by atoms with Crippen LogP contribution in [-0.2, 0) is 22.4 Å². The quantitative estimate of drug-likeness (QED) is 0.321. The highest BCUT2D eigenvalue weighted by Crippen LogP contribution is 2.30. The molecule has 9 nitrogen and oxygen atoms in total. The number of aromatic amines is 1. The first kappa shape index (κ1) is 24.8. The number of nitrogens with one attached hydrogen (secondary N) is 2. The summed E-state index contributed by atoms with van der Waals surface area (Å²) >= 11 is 0. The summed E-state index contributed by atoms with van der Waals surface area (Å²) in [6, 6.07) is 6.86. The molecular weight excluding hydrogens is 464 g/mol. The van der Waals surface area contributed by atoms with Crippen LogP contribution in [0.15, 0.2) is 45.7 Å². The molecule has 2 aromatic carbocycles. The molecule has 0 saturated heterocycles. The van der Waals surface area contributed by atoms with Crippen LogP contribution < -0.4 is 20.8 Å². The van der Waals surface area contributed by atoms with Crippen molar-refractivity contribution >= 4 is 33.7 Å². The molecule has 0 aliphatic heterocycles. The van der Waals surface area contributed by atoms with Gasteiger partial charge in [0, 0.05) is 40.0 Å². The molecule has 4 aromatic rings. The normalized spacial score (nSPS) is 13.0. The van der Waals surface area contributed by atoms with Crippen molar-refractivity contribution in [3.63, 3.8) is 0 Å². The number of benzene rings is 2. The molecule has 0 saturated carbocycles. The lowest BCUT2D eigenvalue weighted by Gasteiger charge is -2.23. The molecule has 4 rings (SSSR count). The maximum Gasteiger partial charge on any atom is 0.339 e. The molecule has 2 heterocycles. The Morgan fingerprint density at radius 1 is 1.17 bits per heavy atom. The van der Waals surface area contributed by atoms with E-state index in [1.165, 1.54) is 19.1 Å². The van der Waals surface area contributed by atoms with E-state index in [2.05, 4.69) is 10.3 Å². The Bertz CT molecular complexity index is 1530. The number of fused-ring (bicyclic) bond motifs is 2. The first-order valence-corrected chi connectivity index (χ1v) is 11.6. The van der Waals surface area contributed by atoms with Crippen LogP contribution in [0, 0.1) is 13.8 Å². The summed E-state index contributed by atoms with van der Waals surface area (Å²) in [5.74, 6) is -1.71. The number of carbonyl (C=O) groups excluding carboxylic acids is 2. The highest BCUT2D eigenvalue weighted by molar-refractivity contribution is 5.89. The van der Waals surface area contributed by atoms with Crippen molar-refractivity contribution in [3.05, 3.63) is 69.2 Å². The molecule has 2 aromatic heterocycles. The largest absolute Gasteiger partial charge is 0.548 e. The van der Waals surface area contributed by atoms with Crippen LogP contribution in [0.25, 0.3) is 21.9 Å². The summed E-state index contributed by atoms with van der Waals surface area (Å²) < 4.78 is 11.4. The lowest BCUT2D eigenvalue weighted by atomic mass is 10.0. The van der Waals surface area contributed by atoms with Gasteiger partial charge in [0.05, 0.1) is 12.0 Å². The third kappa shape index (κ3) is 4.64. The summed E-state index contributed by atoms with van der Waals surface area (Å²) in [5.41, 5.74) is 3.32. The van der Waals surface area contributed by atoms with Gasteiger partial charge in [0.15, 0.2) is 6.10 Å². The fourth-order valence-corrected chi connectivity index (χ4v) is 4.39. The first-order chi connectivity index (χ1) is 17.1. The number of H-pyrrole nitrogens is 1. The van der Waals surface area contributed by atoms with E-state index in [0.717, 1.165) is 16.5 Å². The molecule has 0 spiro atoms. The number of hydrogen-bond acceptors (Lipinski definition) is 7. The number of aromatic nitrogens is 1. The van der Waals surface area contributed by atoms with Gasteiger partial charge in [-0.15, -0.1) is 0 Å². The van der Waals surface area contributed by atoms with E-state index >= 15 is 0 Å². The van der Waals surface area contributed by atoms with Gasteiger partial charge in [-0.2, -0.15) is 0 Å². The molecule has 0 aliphatic carbocycles. The SMILES string of the molecule is CCc1c(C)c2ccc(O[C@H](C)C(=O)N[C@H](Cc3c[nH]c4ccc(O)cc34)C(=O)[O-])c(C)c2oc1=O. The first-order valence-electron chi connectivity index (χ1n) is 11.6. The number of hydrogen-bond donors (Lipinski definition) is 3. The number of aliphatic carboxylic acids is 1. The predicted molar refractivity (Wildman–Crippen MR) is 132 cm³/mol. The van der Waals surface area contributed by atoms with Crippen molar-refractivity contribution < 1.29 is 29.0 Å². The van der Waals surface area contributed by atoms with Gasteiger partial charge in [0.1, 0.15) is 17.1 Å². The summed E-state index contributed by atoms with van der Waals surface area (Å²) in [6.07, 6.45) is 1.09. The number of phenolic OH excluding ortho intramolecular Hbond substituents is 1. The lowest BCUT2D eigenvalue weighted by molar-refractivity contribution is -0.308. The minimum atomic E-state index is -1.45. The topological polar surface area (TPSA) is 145 Å². The second-order valence-corrected chi connectivity index (χ2v) is 8.80. The van der Waals surface area contributed by atoms with Gasteiger partial charge in [-0.05, 0) is 68.7 Å². The van der Waals surface area contributed by atoms with Crippen molar-refractivity contribution in [2.45, 2.75) is 52.7 Å². The minimum absolute atomic E-state index is 0.0436. The van der Waals surface area contributed by atoms with Gasteiger partial charge in [-0.1, -0.05) is 6.92 Å². The van der Waals surface area contributed by atoms with E-state index in [1.54, 1.807) is 31.3 Å². The molecule has 1 amide bonds. The van der Waals surface area contributed by atoms with Crippen molar-refractivity contribution in [1.29, 1.82) is 0 Å². The average Bonchev–Trinajstić information content (AvgIpc) is 3.22. The summed E-state index contributed by atoms with van der Waals surface area (Å²) in [4.78, 5) is 40.0. The highest BCUT2D eigenvalue weighted by atomic mass is 16.5. The number of ether oxygens (including phenoxy) is 1. The number of phenols is 1. The molecule has 0 radical (unpaired) electrons. The van der Waals surface area contributed by atoms with Crippen LogP contribution in [0.3, 0.4) is 0 Å². The highest BCUT2D eigenvalue weighted by Gasteiger charge is 2.23. The van der Waals surface area contributed by atoms with Gasteiger partial charge < -0.3 is 34.5 Å². The molecule has 9 heteroatoms. The molecule has 2 atom stereocenters. The van der Waals surface area contributed by atoms with Crippen LogP contribution in [0.5, 0.6) is 11.5 Å². The molecule has 36 heavy (non-hydrogen) atoms. The van der Waals surface area contributed by atoms with Crippen molar-refractivity contribution in [3.8, 4) is 11.5 Å². The zero-order valence-corrected chi connectivity index (χ0v) is 20.4. The van der Waals surface area contributed by atoms with Crippen molar-refractivity contribution in [2.75, 3.05) is 0 Å². The molecule has 0 fully saturated rings. The molecule has 188 valence electrons. The zero-order chi connectivity index (χ0) is 26.1. The number of rotatable bonds is 8. The van der Waals surface area contributed by atoms with Gasteiger partial charge in [-0.3, -0.25) is 4.79 Å². The Labute approximate surface area is 206 Å². The minimum Gasteiger partial charge on any atom is -0.548 e. The monoisotopic (exact) mass is 491 g/mol. The fourth-order valence-electron chi connectivity index (χ4n) is 4.39. The number of carboxylic acid groups (broad SMARTS) is 1. The second kappa shape index (κ2) is 9.77. The van der Waals surface area contributed by atoms with Gasteiger partial charge in [0.25, 0.3) is 5.91 Å². The van der Waals surface area contributed by atoms with Crippen LogP contribution >= 0.6 is 0 Å². The lowest BCUT2D eigenvalue weighted by Crippen LogP contribution is -2.52. The number of aryl methyl sites for hydroxylation is 2. The molecule has 3 N–H and O–H groups in total. The van der Waals surface area contributed by atoms with Crippen molar-refractivity contribution in [1.82, 2.24) is 10.3 Å². The second-order valence-electron chi connectivity index (χ2n) is 8.80. The molecule has 0 aliphatic rings. The van der Waals surface area contributed by atoms with E-state index in [1.807, 2.05) is 13.8 Å².